The van der Waals surface area contributed by atoms with E-state index in [1.54, 1.807) is 12.1 Å². The highest BCUT2D eigenvalue weighted by atomic mass is 32.2. The Morgan fingerprint density at radius 1 is 1.12 bits per heavy atom. The highest BCUT2D eigenvalue weighted by molar-refractivity contribution is 7.89. The smallest absolute Gasteiger partial charge is 0.258 e. The summed E-state index contributed by atoms with van der Waals surface area (Å²) in [5.41, 5.74) is 1.44. The largest absolute Gasteiger partial charge is 0.304 e. The number of benzene rings is 2. The molecule has 0 unspecified atom stereocenters. The summed E-state index contributed by atoms with van der Waals surface area (Å²) >= 11 is 1.48. The fourth-order valence-corrected chi connectivity index (χ4v) is 5.74. The normalized spacial score (nSPS) is 15.5. The molecule has 1 amide bonds. The molecular weight excluding hydrogens is 463 g/mol. The predicted octanol–water partition coefficient (Wildman–Crippen LogP) is 3.37. The van der Waals surface area contributed by atoms with Gasteiger partial charge in [-0.1, -0.05) is 6.07 Å². The molecule has 33 heavy (non-hydrogen) atoms. The first kappa shape index (κ1) is 23.5. The van der Waals surface area contributed by atoms with Crippen LogP contribution in [0.1, 0.15) is 21.1 Å². The third-order valence-corrected chi connectivity index (χ3v) is 8.27. The van der Waals surface area contributed by atoms with Gasteiger partial charge in [0.05, 0.1) is 22.1 Å². The van der Waals surface area contributed by atoms with Crippen molar-refractivity contribution in [2.24, 2.45) is 0 Å². The second-order valence-corrected chi connectivity index (χ2v) is 11.0. The van der Waals surface area contributed by atoms with Crippen molar-refractivity contribution in [3.8, 4) is 0 Å². The fraction of sp³-hybridized carbons (Fsp3) is 0.304. The van der Waals surface area contributed by atoms with Gasteiger partial charge in [-0.05, 0) is 56.4 Å². The van der Waals surface area contributed by atoms with Crippen LogP contribution in [0.25, 0.3) is 0 Å². The molecule has 0 atom stereocenters. The summed E-state index contributed by atoms with van der Waals surface area (Å²) < 4.78 is 41.3. The van der Waals surface area contributed by atoms with Gasteiger partial charge in [0.25, 0.3) is 5.91 Å². The van der Waals surface area contributed by atoms with Crippen LogP contribution in [0.15, 0.2) is 58.8 Å². The summed E-state index contributed by atoms with van der Waals surface area (Å²) in [6.45, 7) is 4.19. The maximum atomic E-state index is 13.5. The Kier molecular flexibility index (Phi) is 6.89. The van der Waals surface area contributed by atoms with Crippen LogP contribution < -0.4 is 4.90 Å². The minimum atomic E-state index is -3.72. The lowest BCUT2D eigenvalue weighted by atomic mass is 10.1. The SMILES string of the molecule is Cc1nc(CN(C(=O)c2cccc(S(=O)(=O)N3CCN(C)CC3)c2)c2ccc(F)cc2)cs1. The van der Waals surface area contributed by atoms with Crippen LogP contribution in [-0.2, 0) is 16.6 Å². The van der Waals surface area contributed by atoms with E-state index in [2.05, 4.69) is 9.88 Å². The first-order valence-corrected chi connectivity index (χ1v) is 12.8. The third-order valence-electron chi connectivity index (χ3n) is 5.55. The molecule has 1 saturated heterocycles. The van der Waals surface area contributed by atoms with E-state index >= 15 is 0 Å². The van der Waals surface area contributed by atoms with Gasteiger partial charge in [-0.25, -0.2) is 17.8 Å². The van der Waals surface area contributed by atoms with Crippen LogP contribution in [0.2, 0.25) is 0 Å². The number of nitrogens with zero attached hydrogens (tertiary/aromatic N) is 4. The van der Waals surface area contributed by atoms with Crippen LogP contribution in [0.4, 0.5) is 10.1 Å². The molecule has 174 valence electrons. The van der Waals surface area contributed by atoms with Gasteiger partial charge in [-0.15, -0.1) is 11.3 Å². The van der Waals surface area contributed by atoms with Crippen molar-refractivity contribution in [1.82, 2.24) is 14.2 Å². The molecule has 1 fully saturated rings. The molecule has 0 radical (unpaired) electrons. The molecule has 1 aliphatic rings. The van der Waals surface area contributed by atoms with E-state index in [1.807, 2.05) is 19.4 Å². The monoisotopic (exact) mass is 488 g/mol. The predicted molar refractivity (Wildman–Crippen MR) is 126 cm³/mol. The number of piperazine rings is 1. The van der Waals surface area contributed by atoms with E-state index in [9.17, 15) is 17.6 Å². The summed E-state index contributed by atoms with van der Waals surface area (Å²) in [5, 5.41) is 2.74. The van der Waals surface area contributed by atoms with Gasteiger partial charge in [0.1, 0.15) is 5.82 Å². The Hall–Kier alpha value is -2.66. The molecule has 0 spiro atoms. The molecule has 2 aromatic carbocycles. The lowest BCUT2D eigenvalue weighted by Crippen LogP contribution is -2.47. The standard InChI is InChI=1S/C23H25FN4O3S2/c1-17-25-20(16-32-17)15-28(21-8-6-19(24)7-9-21)23(29)18-4-3-5-22(14-18)33(30,31)27-12-10-26(2)11-13-27/h3-9,14,16H,10-13,15H2,1-2H3. The molecule has 0 aliphatic carbocycles. The van der Waals surface area contributed by atoms with Crippen molar-refractivity contribution in [1.29, 1.82) is 0 Å². The summed E-state index contributed by atoms with van der Waals surface area (Å²) in [4.78, 5) is 21.6. The lowest BCUT2D eigenvalue weighted by molar-refractivity contribution is 0.0984. The topological polar surface area (TPSA) is 73.8 Å². The molecule has 4 rings (SSSR count). The van der Waals surface area contributed by atoms with Crippen LogP contribution >= 0.6 is 11.3 Å². The number of hydrogen-bond acceptors (Lipinski definition) is 6. The third kappa shape index (κ3) is 5.30. The fourth-order valence-electron chi connectivity index (χ4n) is 3.67. The van der Waals surface area contributed by atoms with Crippen LogP contribution in [0.3, 0.4) is 0 Å². The van der Waals surface area contributed by atoms with Gasteiger partial charge >= 0.3 is 0 Å². The minimum Gasteiger partial charge on any atom is -0.304 e. The number of anilines is 1. The lowest BCUT2D eigenvalue weighted by Gasteiger charge is -2.31. The summed E-state index contributed by atoms with van der Waals surface area (Å²) in [6.07, 6.45) is 0. The number of aryl methyl sites for hydroxylation is 1. The van der Waals surface area contributed by atoms with Gasteiger partial charge in [-0.2, -0.15) is 4.31 Å². The molecule has 0 N–H and O–H groups in total. The van der Waals surface area contributed by atoms with E-state index in [0.29, 0.717) is 37.6 Å². The van der Waals surface area contributed by atoms with E-state index in [1.165, 1.54) is 56.9 Å². The zero-order valence-corrected chi connectivity index (χ0v) is 20.1. The number of rotatable bonds is 6. The molecular formula is C23H25FN4O3S2. The highest BCUT2D eigenvalue weighted by Crippen LogP contribution is 2.24. The Bertz CT molecular complexity index is 1240. The average Bonchev–Trinajstić information content (AvgIpc) is 3.23. The summed E-state index contributed by atoms with van der Waals surface area (Å²) in [5.74, 6) is -0.793. The van der Waals surface area contributed by atoms with Crippen LogP contribution in [0.5, 0.6) is 0 Å². The van der Waals surface area contributed by atoms with Crippen molar-refractivity contribution in [2.75, 3.05) is 38.1 Å². The Balaban J connectivity index is 1.65. The summed E-state index contributed by atoms with van der Waals surface area (Å²) in [6, 6.07) is 11.7. The Morgan fingerprint density at radius 3 is 2.45 bits per heavy atom. The number of likely N-dealkylation sites (N-methyl/N-ethyl adjacent to an activating group) is 1. The van der Waals surface area contributed by atoms with Crippen LogP contribution in [-0.4, -0.2) is 61.7 Å². The highest BCUT2D eigenvalue weighted by Gasteiger charge is 2.29. The number of halogens is 1. The first-order chi connectivity index (χ1) is 15.7. The molecule has 10 heteroatoms. The molecule has 2 heterocycles. The number of carbonyl (C=O) groups is 1. The van der Waals surface area contributed by atoms with Crippen molar-refractivity contribution in [3.05, 3.63) is 76.0 Å². The van der Waals surface area contributed by atoms with Crippen LogP contribution in [0, 0.1) is 12.7 Å². The average molecular weight is 489 g/mol. The number of aromatic nitrogens is 1. The van der Waals surface area contributed by atoms with Gasteiger partial charge in [0.15, 0.2) is 0 Å². The zero-order valence-electron chi connectivity index (χ0n) is 18.4. The number of sulfonamides is 1. The second-order valence-electron chi connectivity index (χ2n) is 7.96. The molecule has 3 aromatic rings. The zero-order chi connectivity index (χ0) is 23.6. The molecule has 1 aliphatic heterocycles. The second kappa shape index (κ2) is 9.68. The quantitative estimate of drug-likeness (QED) is 0.532. The Labute approximate surface area is 197 Å². The first-order valence-electron chi connectivity index (χ1n) is 10.5. The van der Waals surface area contributed by atoms with E-state index in [0.717, 1.165) is 5.01 Å². The number of carbonyl (C=O) groups excluding carboxylic acids is 1. The van der Waals surface area contributed by atoms with Crippen molar-refractivity contribution in [2.45, 2.75) is 18.4 Å². The van der Waals surface area contributed by atoms with E-state index in [4.69, 9.17) is 0 Å². The molecule has 0 saturated carbocycles. The van der Waals surface area contributed by atoms with E-state index < -0.39 is 15.8 Å². The maximum Gasteiger partial charge on any atom is 0.258 e. The van der Waals surface area contributed by atoms with Gasteiger partial charge < -0.3 is 9.80 Å². The number of amides is 1. The minimum absolute atomic E-state index is 0.0847. The number of hydrogen-bond donors (Lipinski definition) is 0. The van der Waals surface area contributed by atoms with Crippen molar-refractivity contribution in [3.63, 3.8) is 0 Å². The van der Waals surface area contributed by atoms with Crippen molar-refractivity contribution >= 4 is 33.0 Å². The van der Waals surface area contributed by atoms with Gasteiger partial charge in [0, 0.05) is 42.8 Å². The summed E-state index contributed by atoms with van der Waals surface area (Å²) in [7, 11) is -1.76. The van der Waals surface area contributed by atoms with Gasteiger partial charge in [-0.3, -0.25) is 4.79 Å². The number of thiazole rings is 1. The molecule has 0 bridgehead atoms. The molecule has 7 nitrogen and oxygen atoms in total. The maximum absolute atomic E-state index is 13.5. The molecule has 1 aromatic heterocycles. The Morgan fingerprint density at radius 2 is 1.82 bits per heavy atom. The van der Waals surface area contributed by atoms with Crippen molar-refractivity contribution < 1.29 is 17.6 Å². The van der Waals surface area contributed by atoms with Gasteiger partial charge in [0.2, 0.25) is 10.0 Å². The van der Waals surface area contributed by atoms with E-state index in [-0.39, 0.29) is 22.9 Å².